The van der Waals surface area contributed by atoms with Gasteiger partial charge < -0.3 is 9.47 Å². The van der Waals surface area contributed by atoms with E-state index in [9.17, 15) is 4.79 Å². The molecule has 0 aromatic heterocycles. The molecule has 1 fully saturated rings. The quantitative estimate of drug-likeness (QED) is 0.783. The van der Waals surface area contributed by atoms with Crippen molar-refractivity contribution in [1.29, 1.82) is 0 Å². The van der Waals surface area contributed by atoms with E-state index < -0.39 is 0 Å². The van der Waals surface area contributed by atoms with Gasteiger partial charge in [0, 0.05) is 19.6 Å². The summed E-state index contributed by atoms with van der Waals surface area (Å²) in [6, 6.07) is 16.1. The van der Waals surface area contributed by atoms with Crippen LogP contribution in [0.1, 0.15) is 27.0 Å². The van der Waals surface area contributed by atoms with E-state index in [1.54, 1.807) is 0 Å². The molecule has 3 rings (SSSR count). The second-order valence-corrected chi connectivity index (χ2v) is 6.56. The Morgan fingerprint density at radius 2 is 1.96 bits per heavy atom. The van der Waals surface area contributed by atoms with E-state index >= 15 is 0 Å². The number of benzene rings is 2. The van der Waals surface area contributed by atoms with Gasteiger partial charge in [0.2, 0.25) is 0 Å². The van der Waals surface area contributed by atoms with Gasteiger partial charge in [0.05, 0.1) is 12.2 Å². The molecule has 1 heterocycles. The smallest absolute Gasteiger partial charge is 0.338 e. The van der Waals surface area contributed by atoms with E-state index in [-0.39, 0.29) is 18.7 Å². The van der Waals surface area contributed by atoms with Crippen LogP contribution >= 0.6 is 0 Å². The number of morpholine rings is 1. The van der Waals surface area contributed by atoms with Crippen LogP contribution in [-0.2, 0) is 16.0 Å². The summed E-state index contributed by atoms with van der Waals surface area (Å²) in [5.41, 5.74) is 3.99. The predicted molar refractivity (Wildman–Crippen MR) is 97.7 cm³/mol. The van der Waals surface area contributed by atoms with E-state index in [4.69, 9.17) is 9.47 Å². The standard InChI is InChI=1S/C21H25NO3/c1-16-7-6-10-20(17(16)2)21(23)25-15-19-14-22(11-12-24-19)13-18-8-4-3-5-9-18/h3-10,19H,11-15H2,1-2H3. The highest BCUT2D eigenvalue weighted by molar-refractivity contribution is 5.91. The number of ether oxygens (including phenoxy) is 2. The van der Waals surface area contributed by atoms with Crippen molar-refractivity contribution in [3.8, 4) is 0 Å². The first-order valence-corrected chi connectivity index (χ1v) is 8.74. The third-order valence-corrected chi connectivity index (χ3v) is 4.70. The van der Waals surface area contributed by atoms with Gasteiger partial charge in [-0.25, -0.2) is 4.79 Å². The number of hydrogen-bond donors (Lipinski definition) is 0. The maximum Gasteiger partial charge on any atom is 0.338 e. The minimum absolute atomic E-state index is 0.0773. The number of aryl methyl sites for hydroxylation is 1. The number of nitrogens with zero attached hydrogens (tertiary/aromatic N) is 1. The molecule has 1 aliphatic heterocycles. The molecule has 132 valence electrons. The van der Waals surface area contributed by atoms with Crippen LogP contribution in [0.25, 0.3) is 0 Å². The van der Waals surface area contributed by atoms with E-state index in [0.29, 0.717) is 12.2 Å². The molecule has 1 unspecified atom stereocenters. The molecule has 1 saturated heterocycles. The zero-order valence-corrected chi connectivity index (χ0v) is 14.9. The van der Waals surface area contributed by atoms with Crippen LogP contribution in [0.2, 0.25) is 0 Å². The fraction of sp³-hybridized carbons (Fsp3) is 0.381. The summed E-state index contributed by atoms with van der Waals surface area (Å²) >= 11 is 0. The number of hydrogen-bond acceptors (Lipinski definition) is 4. The average molecular weight is 339 g/mol. The van der Waals surface area contributed by atoms with Crippen molar-refractivity contribution >= 4 is 5.97 Å². The maximum absolute atomic E-state index is 12.3. The molecule has 0 N–H and O–H groups in total. The summed E-state index contributed by atoms with van der Waals surface area (Å²) < 4.78 is 11.3. The van der Waals surface area contributed by atoms with Crippen LogP contribution < -0.4 is 0 Å². The van der Waals surface area contributed by atoms with Gasteiger partial charge in [-0.15, -0.1) is 0 Å². The Hall–Kier alpha value is -2.17. The number of rotatable bonds is 5. The molecule has 2 aromatic carbocycles. The molecule has 4 heteroatoms. The summed E-state index contributed by atoms with van der Waals surface area (Å²) in [5.74, 6) is -0.273. The lowest BCUT2D eigenvalue weighted by Gasteiger charge is -2.32. The Morgan fingerprint density at radius 3 is 2.76 bits per heavy atom. The van der Waals surface area contributed by atoms with Gasteiger partial charge in [0.25, 0.3) is 0 Å². The predicted octanol–water partition coefficient (Wildman–Crippen LogP) is 3.36. The molecule has 0 aliphatic carbocycles. The lowest BCUT2D eigenvalue weighted by Crippen LogP contribution is -2.44. The highest BCUT2D eigenvalue weighted by Gasteiger charge is 2.22. The van der Waals surface area contributed by atoms with Gasteiger partial charge >= 0.3 is 5.97 Å². The molecule has 0 radical (unpaired) electrons. The van der Waals surface area contributed by atoms with E-state index in [2.05, 4.69) is 29.2 Å². The van der Waals surface area contributed by atoms with Crippen LogP contribution in [-0.4, -0.2) is 43.3 Å². The third-order valence-electron chi connectivity index (χ3n) is 4.70. The van der Waals surface area contributed by atoms with Crippen molar-refractivity contribution in [1.82, 2.24) is 4.90 Å². The summed E-state index contributed by atoms with van der Waals surface area (Å²) in [5, 5.41) is 0. The minimum Gasteiger partial charge on any atom is -0.459 e. The van der Waals surface area contributed by atoms with E-state index in [1.165, 1.54) is 5.56 Å². The molecule has 0 bridgehead atoms. The molecular formula is C21H25NO3. The van der Waals surface area contributed by atoms with Gasteiger partial charge in [-0.3, -0.25) is 4.90 Å². The summed E-state index contributed by atoms with van der Waals surface area (Å²) in [6.45, 7) is 7.47. The molecule has 0 saturated carbocycles. The molecule has 2 aromatic rings. The second-order valence-electron chi connectivity index (χ2n) is 6.56. The zero-order valence-electron chi connectivity index (χ0n) is 14.9. The topological polar surface area (TPSA) is 38.8 Å². The van der Waals surface area contributed by atoms with Crippen LogP contribution in [0.15, 0.2) is 48.5 Å². The largest absolute Gasteiger partial charge is 0.459 e. The first-order chi connectivity index (χ1) is 12.1. The lowest BCUT2D eigenvalue weighted by atomic mass is 10.0. The molecule has 25 heavy (non-hydrogen) atoms. The summed E-state index contributed by atoms with van der Waals surface area (Å²) in [6.07, 6.45) is -0.0773. The van der Waals surface area contributed by atoms with Gasteiger partial charge in [-0.05, 0) is 36.6 Å². The lowest BCUT2D eigenvalue weighted by molar-refractivity contribution is -0.0612. The third kappa shape index (κ3) is 4.68. The van der Waals surface area contributed by atoms with Gasteiger partial charge in [0.15, 0.2) is 0 Å². The number of carbonyl (C=O) groups is 1. The monoisotopic (exact) mass is 339 g/mol. The summed E-state index contributed by atoms with van der Waals surface area (Å²) in [4.78, 5) is 14.7. The van der Waals surface area contributed by atoms with Crippen LogP contribution in [0.5, 0.6) is 0 Å². The Bertz CT molecular complexity index is 714. The van der Waals surface area contributed by atoms with Crippen molar-refractivity contribution < 1.29 is 14.3 Å². The van der Waals surface area contributed by atoms with Crippen molar-refractivity contribution in [2.45, 2.75) is 26.5 Å². The van der Waals surface area contributed by atoms with Gasteiger partial charge in [0.1, 0.15) is 12.7 Å². The molecule has 1 aliphatic rings. The zero-order chi connectivity index (χ0) is 17.6. The summed E-state index contributed by atoms with van der Waals surface area (Å²) in [7, 11) is 0. The normalized spacial score (nSPS) is 18.1. The SMILES string of the molecule is Cc1cccc(C(=O)OCC2CN(Cc3ccccc3)CCO2)c1C. The first kappa shape index (κ1) is 17.6. The van der Waals surface area contributed by atoms with Crippen molar-refractivity contribution in [3.63, 3.8) is 0 Å². The van der Waals surface area contributed by atoms with E-state index in [1.807, 2.05) is 38.1 Å². The molecule has 0 amide bonds. The number of esters is 1. The van der Waals surface area contributed by atoms with Crippen molar-refractivity contribution in [2.75, 3.05) is 26.3 Å². The highest BCUT2D eigenvalue weighted by atomic mass is 16.6. The maximum atomic E-state index is 12.3. The first-order valence-electron chi connectivity index (χ1n) is 8.74. The molecule has 1 atom stereocenters. The van der Waals surface area contributed by atoms with Gasteiger partial charge in [-0.1, -0.05) is 42.5 Å². The second kappa shape index (κ2) is 8.28. The Labute approximate surface area is 149 Å². The van der Waals surface area contributed by atoms with Crippen LogP contribution in [0.3, 0.4) is 0 Å². The van der Waals surface area contributed by atoms with Crippen molar-refractivity contribution in [3.05, 3.63) is 70.8 Å². The fourth-order valence-corrected chi connectivity index (χ4v) is 3.09. The van der Waals surface area contributed by atoms with E-state index in [0.717, 1.165) is 30.8 Å². The van der Waals surface area contributed by atoms with Crippen LogP contribution in [0, 0.1) is 13.8 Å². The molecule has 0 spiro atoms. The fourth-order valence-electron chi connectivity index (χ4n) is 3.09. The highest BCUT2D eigenvalue weighted by Crippen LogP contribution is 2.15. The Kier molecular flexibility index (Phi) is 5.84. The molecular weight excluding hydrogens is 314 g/mol. The minimum atomic E-state index is -0.273. The van der Waals surface area contributed by atoms with Crippen molar-refractivity contribution in [2.24, 2.45) is 0 Å². The number of carbonyl (C=O) groups excluding carboxylic acids is 1. The molecule has 4 nitrogen and oxygen atoms in total. The average Bonchev–Trinajstić information content (AvgIpc) is 2.63. The Morgan fingerprint density at radius 1 is 1.16 bits per heavy atom. The van der Waals surface area contributed by atoms with Crippen LogP contribution in [0.4, 0.5) is 0 Å². The van der Waals surface area contributed by atoms with Gasteiger partial charge in [-0.2, -0.15) is 0 Å². The Balaban J connectivity index is 1.52.